The number of carbonyl (C=O) groups excluding carboxylic acids is 1. The van der Waals surface area contributed by atoms with Crippen molar-refractivity contribution in [2.45, 2.75) is 38.7 Å². The maximum atomic E-state index is 11.2. The second-order valence-electron chi connectivity index (χ2n) is 5.60. The van der Waals surface area contributed by atoms with Crippen LogP contribution < -0.4 is 4.74 Å². The van der Waals surface area contributed by atoms with Crippen LogP contribution in [0.5, 0.6) is 5.75 Å². The van der Waals surface area contributed by atoms with Gasteiger partial charge >= 0.3 is 0 Å². The Hall–Kier alpha value is -1.39. The van der Waals surface area contributed by atoms with Crippen LogP contribution in [0.1, 0.15) is 44.3 Å². The molecule has 0 saturated carbocycles. The number of ketones is 1. The van der Waals surface area contributed by atoms with Gasteiger partial charge in [-0.05, 0) is 30.5 Å². The molecule has 0 aromatic heterocycles. The summed E-state index contributed by atoms with van der Waals surface area (Å²) in [5.74, 6) is 1.21. The third-order valence-electron chi connectivity index (χ3n) is 3.87. The minimum atomic E-state index is -0.456. The molecule has 4 heteroatoms. The summed E-state index contributed by atoms with van der Waals surface area (Å²) >= 11 is 0. The van der Waals surface area contributed by atoms with Gasteiger partial charge in [-0.25, -0.2) is 0 Å². The molecule has 4 nitrogen and oxygen atoms in total. The predicted molar refractivity (Wildman–Crippen MR) is 82.5 cm³/mol. The largest absolute Gasteiger partial charge is 0.494 e. The Morgan fingerprint density at radius 2 is 1.90 bits per heavy atom. The Morgan fingerprint density at radius 3 is 2.52 bits per heavy atom. The van der Waals surface area contributed by atoms with E-state index in [1.807, 2.05) is 24.3 Å². The van der Waals surface area contributed by atoms with Gasteiger partial charge in [-0.3, -0.25) is 4.79 Å². The third kappa shape index (κ3) is 5.14. The summed E-state index contributed by atoms with van der Waals surface area (Å²) in [7, 11) is 0. The van der Waals surface area contributed by atoms with E-state index >= 15 is 0 Å². The van der Waals surface area contributed by atoms with Crippen LogP contribution in [-0.4, -0.2) is 42.0 Å². The fraction of sp³-hybridized carbons (Fsp3) is 0.588. The standard InChI is InChI=1S/C17H25NO3/c1-2-13-21-16-5-3-14(4-6-16)17(20)9-12-18-10-7-15(19)8-11-18/h3-6,17,20H,2,7-13H2,1H3. The first-order valence-electron chi connectivity index (χ1n) is 7.84. The quantitative estimate of drug-likeness (QED) is 0.839. The van der Waals surface area contributed by atoms with Crippen LogP contribution in [0.15, 0.2) is 24.3 Å². The molecule has 1 aromatic rings. The number of hydrogen-bond donors (Lipinski definition) is 1. The van der Waals surface area contributed by atoms with Crippen molar-refractivity contribution in [3.63, 3.8) is 0 Å². The van der Waals surface area contributed by atoms with Crippen LogP contribution in [0.25, 0.3) is 0 Å². The first-order valence-corrected chi connectivity index (χ1v) is 7.84. The molecule has 0 spiro atoms. The van der Waals surface area contributed by atoms with Crippen LogP contribution in [0.2, 0.25) is 0 Å². The molecule has 0 radical (unpaired) electrons. The molecule has 0 aliphatic carbocycles. The number of aliphatic hydroxyl groups is 1. The number of benzene rings is 1. The lowest BCUT2D eigenvalue weighted by Gasteiger charge is -2.26. The number of nitrogens with zero attached hydrogens (tertiary/aromatic N) is 1. The first-order chi connectivity index (χ1) is 10.2. The number of aliphatic hydroxyl groups excluding tert-OH is 1. The van der Waals surface area contributed by atoms with E-state index in [0.717, 1.165) is 44.0 Å². The molecule has 0 amide bonds. The molecule has 1 saturated heterocycles. The lowest BCUT2D eigenvalue weighted by Crippen LogP contribution is -2.35. The highest BCUT2D eigenvalue weighted by Gasteiger charge is 2.17. The van der Waals surface area contributed by atoms with Gasteiger partial charge in [0.15, 0.2) is 0 Å². The number of piperidine rings is 1. The Morgan fingerprint density at radius 1 is 1.24 bits per heavy atom. The van der Waals surface area contributed by atoms with E-state index in [0.29, 0.717) is 25.0 Å². The maximum absolute atomic E-state index is 11.2. The zero-order valence-corrected chi connectivity index (χ0v) is 12.8. The predicted octanol–water partition coefficient (Wildman–Crippen LogP) is 2.56. The molecule has 1 N–H and O–H groups in total. The van der Waals surface area contributed by atoms with Gasteiger partial charge in [0.1, 0.15) is 11.5 Å². The Labute approximate surface area is 126 Å². The van der Waals surface area contributed by atoms with Crippen molar-refractivity contribution in [2.75, 3.05) is 26.2 Å². The summed E-state index contributed by atoms with van der Waals surface area (Å²) < 4.78 is 5.53. The molecule has 1 aromatic carbocycles. The van der Waals surface area contributed by atoms with Crippen molar-refractivity contribution in [1.82, 2.24) is 4.90 Å². The Balaban J connectivity index is 1.77. The number of rotatable bonds is 7. The van der Waals surface area contributed by atoms with Gasteiger partial charge in [-0.15, -0.1) is 0 Å². The molecule has 1 aliphatic rings. The lowest BCUT2D eigenvalue weighted by atomic mass is 10.0. The molecule has 2 rings (SSSR count). The first kappa shape index (κ1) is 16.0. The van der Waals surface area contributed by atoms with Gasteiger partial charge < -0.3 is 14.7 Å². The summed E-state index contributed by atoms with van der Waals surface area (Å²) in [6.45, 7) is 5.29. The minimum absolute atomic E-state index is 0.356. The summed E-state index contributed by atoms with van der Waals surface area (Å²) in [6.07, 6.45) is 2.54. The van der Waals surface area contributed by atoms with E-state index in [9.17, 15) is 9.90 Å². The Kier molecular flexibility index (Phi) is 6.21. The lowest BCUT2D eigenvalue weighted by molar-refractivity contribution is -0.121. The fourth-order valence-corrected chi connectivity index (χ4v) is 2.50. The zero-order chi connectivity index (χ0) is 15.1. The van der Waals surface area contributed by atoms with Gasteiger partial charge in [0.25, 0.3) is 0 Å². The highest BCUT2D eigenvalue weighted by atomic mass is 16.5. The molecule has 116 valence electrons. The second-order valence-corrected chi connectivity index (χ2v) is 5.60. The minimum Gasteiger partial charge on any atom is -0.494 e. The summed E-state index contributed by atoms with van der Waals surface area (Å²) in [4.78, 5) is 13.4. The van der Waals surface area contributed by atoms with Crippen LogP contribution in [0.4, 0.5) is 0 Å². The topological polar surface area (TPSA) is 49.8 Å². The van der Waals surface area contributed by atoms with Crippen molar-refractivity contribution < 1.29 is 14.6 Å². The summed E-state index contributed by atoms with van der Waals surface area (Å²) in [5, 5.41) is 10.2. The molecule has 1 aliphatic heterocycles. The van der Waals surface area contributed by atoms with Gasteiger partial charge in [0.05, 0.1) is 12.7 Å². The second kappa shape index (κ2) is 8.15. The number of ether oxygens (including phenoxy) is 1. The molecular weight excluding hydrogens is 266 g/mol. The fourth-order valence-electron chi connectivity index (χ4n) is 2.50. The molecular formula is C17H25NO3. The number of carbonyl (C=O) groups is 1. The van der Waals surface area contributed by atoms with E-state index in [4.69, 9.17) is 4.74 Å². The SMILES string of the molecule is CCCOc1ccc(C(O)CCN2CCC(=O)CC2)cc1. The van der Waals surface area contributed by atoms with Crippen molar-refractivity contribution in [2.24, 2.45) is 0 Å². The van der Waals surface area contributed by atoms with E-state index in [1.165, 1.54) is 0 Å². The van der Waals surface area contributed by atoms with Gasteiger partial charge in [-0.2, -0.15) is 0 Å². The monoisotopic (exact) mass is 291 g/mol. The Bertz CT molecular complexity index is 434. The van der Waals surface area contributed by atoms with Crippen LogP contribution >= 0.6 is 0 Å². The van der Waals surface area contributed by atoms with Gasteiger partial charge in [0, 0.05) is 32.5 Å². The van der Waals surface area contributed by atoms with Crippen LogP contribution in [0, 0.1) is 0 Å². The number of hydrogen-bond acceptors (Lipinski definition) is 4. The van der Waals surface area contributed by atoms with Gasteiger partial charge in [-0.1, -0.05) is 19.1 Å². The number of Topliss-reactive ketones (excluding diaryl/α,β-unsaturated/α-hetero) is 1. The highest BCUT2D eigenvalue weighted by Crippen LogP contribution is 2.21. The average molecular weight is 291 g/mol. The van der Waals surface area contributed by atoms with Crippen LogP contribution in [0.3, 0.4) is 0 Å². The van der Waals surface area contributed by atoms with Crippen molar-refractivity contribution in [1.29, 1.82) is 0 Å². The summed E-state index contributed by atoms with van der Waals surface area (Å²) in [6, 6.07) is 7.67. The van der Waals surface area contributed by atoms with Crippen molar-refractivity contribution in [3.8, 4) is 5.75 Å². The normalized spacial score (nSPS) is 17.7. The van der Waals surface area contributed by atoms with E-state index in [-0.39, 0.29) is 0 Å². The van der Waals surface area contributed by atoms with Crippen molar-refractivity contribution in [3.05, 3.63) is 29.8 Å². The molecule has 1 atom stereocenters. The highest BCUT2D eigenvalue weighted by molar-refractivity contribution is 5.79. The van der Waals surface area contributed by atoms with Crippen molar-refractivity contribution >= 4 is 5.78 Å². The zero-order valence-electron chi connectivity index (χ0n) is 12.8. The molecule has 1 fully saturated rings. The molecule has 1 unspecified atom stereocenters. The number of likely N-dealkylation sites (tertiary alicyclic amines) is 1. The average Bonchev–Trinajstić information content (AvgIpc) is 2.52. The third-order valence-corrected chi connectivity index (χ3v) is 3.87. The smallest absolute Gasteiger partial charge is 0.135 e. The molecule has 1 heterocycles. The summed E-state index contributed by atoms with van der Waals surface area (Å²) in [5.41, 5.74) is 0.923. The van der Waals surface area contributed by atoms with Crippen LogP contribution in [-0.2, 0) is 4.79 Å². The van der Waals surface area contributed by atoms with E-state index < -0.39 is 6.10 Å². The maximum Gasteiger partial charge on any atom is 0.135 e. The van der Waals surface area contributed by atoms with Gasteiger partial charge in [0.2, 0.25) is 0 Å². The van der Waals surface area contributed by atoms with E-state index in [1.54, 1.807) is 0 Å². The molecule has 21 heavy (non-hydrogen) atoms. The van der Waals surface area contributed by atoms with E-state index in [2.05, 4.69) is 11.8 Å². The molecule has 0 bridgehead atoms.